The Bertz CT molecular complexity index is 822. The van der Waals surface area contributed by atoms with E-state index in [0.717, 1.165) is 26.9 Å². The highest BCUT2D eigenvalue weighted by atomic mass is 32.2. The van der Waals surface area contributed by atoms with Crippen molar-refractivity contribution in [3.63, 3.8) is 0 Å². The molecule has 122 valence electrons. The van der Waals surface area contributed by atoms with E-state index in [0.29, 0.717) is 6.54 Å². The molecule has 24 heavy (non-hydrogen) atoms. The van der Waals surface area contributed by atoms with E-state index in [9.17, 15) is 4.79 Å². The van der Waals surface area contributed by atoms with Crippen molar-refractivity contribution >= 4 is 34.6 Å². The highest BCUT2D eigenvalue weighted by molar-refractivity contribution is 8.18. The van der Waals surface area contributed by atoms with Crippen LogP contribution in [0.15, 0.2) is 58.4 Å². The molecule has 1 aliphatic heterocycles. The minimum atomic E-state index is 0.0246. The normalized spacial score (nSPS) is 18.0. The summed E-state index contributed by atoms with van der Waals surface area (Å²) in [5.41, 5.74) is 4.29. The molecule has 2 aromatic rings. The summed E-state index contributed by atoms with van der Waals surface area (Å²) in [5, 5.41) is 0.742. The number of rotatable bonds is 3. The Balaban J connectivity index is 1.94. The fourth-order valence-corrected chi connectivity index (χ4v) is 3.54. The number of amides is 1. The molecular weight excluding hydrogens is 316 g/mol. The Hall–Kier alpha value is -2.33. The van der Waals surface area contributed by atoms with Gasteiger partial charge in [-0.2, -0.15) is 0 Å². The fourth-order valence-electron chi connectivity index (χ4n) is 2.49. The molecule has 0 N–H and O–H groups in total. The van der Waals surface area contributed by atoms with Crippen molar-refractivity contribution in [3.05, 3.63) is 70.1 Å². The van der Waals surface area contributed by atoms with Crippen molar-refractivity contribution < 1.29 is 4.79 Å². The summed E-state index contributed by atoms with van der Waals surface area (Å²) in [6.45, 7) is 6.68. The number of amidine groups is 1. The van der Waals surface area contributed by atoms with Crippen LogP contribution in [0, 0.1) is 13.8 Å². The third kappa shape index (κ3) is 3.44. The molecule has 4 heteroatoms. The molecule has 3 nitrogen and oxygen atoms in total. The average Bonchev–Trinajstić information content (AvgIpc) is 2.87. The molecule has 1 fully saturated rings. The summed E-state index contributed by atoms with van der Waals surface area (Å²) in [6.07, 6.45) is 1.96. The number of carbonyl (C=O) groups excluding carboxylic acids is 1. The van der Waals surface area contributed by atoms with Gasteiger partial charge in [0, 0.05) is 6.54 Å². The van der Waals surface area contributed by atoms with E-state index in [1.54, 1.807) is 4.90 Å². The lowest BCUT2D eigenvalue weighted by molar-refractivity contribution is -0.122. The van der Waals surface area contributed by atoms with E-state index in [1.807, 2.05) is 62.4 Å². The van der Waals surface area contributed by atoms with Gasteiger partial charge in [-0.3, -0.25) is 9.69 Å². The smallest absolute Gasteiger partial charge is 0.266 e. The molecule has 3 rings (SSSR count). The number of hydrogen-bond donors (Lipinski definition) is 0. The molecule has 1 amide bonds. The summed E-state index contributed by atoms with van der Waals surface area (Å²) in [6, 6.07) is 16.1. The van der Waals surface area contributed by atoms with Crippen LogP contribution in [0.5, 0.6) is 0 Å². The minimum Gasteiger partial charge on any atom is -0.287 e. The maximum Gasteiger partial charge on any atom is 0.266 e. The molecule has 0 aliphatic carbocycles. The van der Waals surface area contributed by atoms with Crippen LogP contribution in [0.1, 0.15) is 23.6 Å². The summed E-state index contributed by atoms with van der Waals surface area (Å²) in [4.78, 5) is 19.8. The van der Waals surface area contributed by atoms with Gasteiger partial charge in [-0.1, -0.05) is 42.0 Å². The monoisotopic (exact) mass is 336 g/mol. The Labute approximate surface area is 147 Å². The first-order valence-corrected chi connectivity index (χ1v) is 8.82. The second-order valence-electron chi connectivity index (χ2n) is 5.75. The summed E-state index contributed by atoms with van der Waals surface area (Å²) in [7, 11) is 0. The largest absolute Gasteiger partial charge is 0.287 e. The third-order valence-electron chi connectivity index (χ3n) is 3.94. The van der Waals surface area contributed by atoms with E-state index >= 15 is 0 Å². The number of thioether (sulfide) groups is 1. The number of likely N-dealkylation sites (N-methyl/N-ethyl adjacent to an activating group) is 1. The lowest BCUT2D eigenvalue weighted by Crippen LogP contribution is -2.28. The van der Waals surface area contributed by atoms with Gasteiger partial charge in [-0.15, -0.1) is 0 Å². The number of aliphatic imine (C=N–C) groups is 1. The SMILES string of the molecule is CCN1C(=O)/C(=C\c2ccccc2C)SC1=Nc1ccc(C)cc1. The van der Waals surface area contributed by atoms with Crippen molar-refractivity contribution in [1.82, 2.24) is 4.90 Å². The number of benzene rings is 2. The van der Waals surface area contributed by atoms with E-state index in [4.69, 9.17) is 0 Å². The first-order valence-electron chi connectivity index (χ1n) is 8.01. The Morgan fingerprint density at radius 2 is 1.79 bits per heavy atom. The van der Waals surface area contributed by atoms with Gasteiger partial charge < -0.3 is 0 Å². The van der Waals surface area contributed by atoms with Crippen LogP contribution in [0.4, 0.5) is 5.69 Å². The predicted octanol–water partition coefficient (Wildman–Crippen LogP) is 4.93. The number of carbonyl (C=O) groups is 1. The van der Waals surface area contributed by atoms with Crippen molar-refractivity contribution in [3.8, 4) is 0 Å². The zero-order valence-corrected chi connectivity index (χ0v) is 14.9. The first-order chi connectivity index (χ1) is 11.6. The standard InChI is InChI=1S/C20H20N2OS/c1-4-22-19(23)18(13-16-8-6-5-7-15(16)3)24-20(22)21-17-11-9-14(2)10-12-17/h5-13H,4H2,1-3H3/b18-13+,21-20?. The third-order valence-corrected chi connectivity index (χ3v) is 4.94. The molecule has 0 unspecified atom stereocenters. The van der Waals surface area contributed by atoms with Gasteiger partial charge in [-0.05, 0) is 61.9 Å². The molecule has 0 saturated carbocycles. The molecule has 1 heterocycles. The van der Waals surface area contributed by atoms with E-state index in [2.05, 4.69) is 18.0 Å². The predicted molar refractivity (Wildman–Crippen MR) is 102 cm³/mol. The van der Waals surface area contributed by atoms with Crippen LogP contribution in [0.3, 0.4) is 0 Å². The molecular formula is C20H20N2OS. The maximum atomic E-state index is 12.7. The van der Waals surface area contributed by atoms with Gasteiger partial charge in [0.2, 0.25) is 0 Å². The van der Waals surface area contributed by atoms with Gasteiger partial charge >= 0.3 is 0 Å². The molecule has 0 atom stereocenters. The molecule has 1 saturated heterocycles. The van der Waals surface area contributed by atoms with Crippen LogP contribution >= 0.6 is 11.8 Å². The Kier molecular flexibility index (Phi) is 4.86. The molecule has 0 radical (unpaired) electrons. The van der Waals surface area contributed by atoms with Crippen molar-refractivity contribution in [2.45, 2.75) is 20.8 Å². The first kappa shape index (κ1) is 16.5. The zero-order chi connectivity index (χ0) is 17.1. The van der Waals surface area contributed by atoms with Gasteiger partial charge in [-0.25, -0.2) is 4.99 Å². The Morgan fingerprint density at radius 1 is 1.08 bits per heavy atom. The molecule has 0 spiro atoms. The molecule has 0 bridgehead atoms. The lowest BCUT2D eigenvalue weighted by atomic mass is 10.1. The fraction of sp³-hybridized carbons (Fsp3) is 0.200. The second kappa shape index (κ2) is 7.05. The van der Waals surface area contributed by atoms with Crippen molar-refractivity contribution in [2.24, 2.45) is 4.99 Å². The average molecular weight is 336 g/mol. The van der Waals surface area contributed by atoms with E-state index in [1.165, 1.54) is 17.3 Å². The van der Waals surface area contributed by atoms with Crippen LogP contribution < -0.4 is 0 Å². The van der Waals surface area contributed by atoms with E-state index in [-0.39, 0.29) is 5.91 Å². The number of aryl methyl sites for hydroxylation is 2. The van der Waals surface area contributed by atoms with Gasteiger partial charge in [0.15, 0.2) is 5.17 Å². The zero-order valence-electron chi connectivity index (χ0n) is 14.1. The lowest BCUT2D eigenvalue weighted by Gasteiger charge is -2.12. The highest BCUT2D eigenvalue weighted by Gasteiger charge is 2.32. The number of hydrogen-bond acceptors (Lipinski definition) is 3. The van der Waals surface area contributed by atoms with Crippen molar-refractivity contribution in [2.75, 3.05) is 6.54 Å². The highest BCUT2D eigenvalue weighted by Crippen LogP contribution is 2.34. The topological polar surface area (TPSA) is 32.7 Å². The van der Waals surface area contributed by atoms with Crippen LogP contribution in [-0.2, 0) is 4.79 Å². The van der Waals surface area contributed by atoms with Crippen LogP contribution in [0.2, 0.25) is 0 Å². The second-order valence-corrected chi connectivity index (χ2v) is 6.76. The minimum absolute atomic E-state index is 0.0246. The van der Waals surface area contributed by atoms with Crippen LogP contribution in [-0.4, -0.2) is 22.5 Å². The summed E-state index contributed by atoms with van der Waals surface area (Å²) < 4.78 is 0. The summed E-state index contributed by atoms with van der Waals surface area (Å²) in [5.74, 6) is 0.0246. The van der Waals surface area contributed by atoms with Gasteiger partial charge in [0.05, 0.1) is 10.6 Å². The summed E-state index contributed by atoms with van der Waals surface area (Å²) >= 11 is 1.44. The van der Waals surface area contributed by atoms with E-state index < -0.39 is 0 Å². The van der Waals surface area contributed by atoms with Crippen molar-refractivity contribution in [1.29, 1.82) is 0 Å². The van der Waals surface area contributed by atoms with Crippen LogP contribution in [0.25, 0.3) is 6.08 Å². The quantitative estimate of drug-likeness (QED) is 0.745. The van der Waals surface area contributed by atoms with Gasteiger partial charge in [0.25, 0.3) is 5.91 Å². The molecule has 1 aliphatic rings. The number of nitrogens with zero attached hydrogens (tertiary/aromatic N) is 2. The molecule has 2 aromatic carbocycles. The molecule has 0 aromatic heterocycles. The van der Waals surface area contributed by atoms with Gasteiger partial charge in [0.1, 0.15) is 0 Å². The maximum absolute atomic E-state index is 12.7. The Morgan fingerprint density at radius 3 is 2.46 bits per heavy atom.